The van der Waals surface area contributed by atoms with Crippen molar-refractivity contribution in [1.29, 1.82) is 0 Å². The molecule has 0 spiro atoms. The van der Waals surface area contributed by atoms with Gasteiger partial charge in [-0.2, -0.15) is 0 Å². The summed E-state index contributed by atoms with van der Waals surface area (Å²) in [6.45, 7) is 6.75. The molecule has 0 heterocycles. The highest BCUT2D eigenvalue weighted by Crippen LogP contribution is 2.22. The van der Waals surface area contributed by atoms with Gasteiger partial charge in [-0.05, 0) is 40.8 Å². The molecular formula is C19H22N2O2. The third kappa shape index (κ3) is 4.42. The molecule has 2 aromatic rings. The van der Waals surface area contributed by atoms with Gasteiger partial charge in [-0.25, -0.2) is 0 Å². The number of rotatable bonds is 4. The molecule has 0 radical (unpaired) electrons. The summed E-state index contributed by atoms with van der Waals surface area (Å²) in [5, 5.41) is 2.85. The summed E-state index contributed by atoms with van der Waals surface area (Å²) < 4.78 is 0. The molecule has 0 atom stereocenters. The Morgan fingerprint density at radius 3 is 2.22 bits per heavy atom. The highest BCUT2D eigenvalue weighted by molar-refractivity contribution is 5.94. The third-order valence-electron chi connectivity index (χ3n) is 3.68. The number of carbonyl (C=O) groups excluding carboxylic acids is 2. The number of carbonyl (C=O) groups is 2. The summed E-state index contributed by atoms with van der Waals surface area (Å²) in [6, 6.07) is 14.5. The quantitative estimate of drug-likeness (QED) is 0.911. The van der Waals surface area contributed by atoms with E-state index in [1.54, 1.807) is 18.2 Å². The molecule has 0 bridgehead atoms. The van der Waals surface area contributed by atoms with Crippen LogP contribution in [0.25, 0.3) is 0 Å². The summed E-state index contributed by atoms with van der Waals surface area (Å²) in [5.41, 5.74) is 8.38. The van der Waals surface area contributed by atoms with Crippen LogP contribution in [0.3, 0.4) is 0 Å². The molecule has 4 heteroatoms. The molecule has 0 fully saturated rings. The van der Waals surface area contributed by atoms with Crippen LogP contribution in [0.15, 0.2) is 48.5 Å². The lowest BCUT2D eigenvalue weighted by Gasteiger charge is -2.19. The summed E-state index contributed by atoms with van der Waals surface area (Å²) in [5.74, 6) is -0.620. The second kappa shape index (κ2) is 6.65. The van der Waals surface area contributed by atoms with Gasteiger partial charge in [-0.3, -0.25) is 9.59 Å². The molecule has 0 aliphatic heterocycles. The van der Waals surface area contributed by atoms with Crippen LogP contribution in [-0.4, -0.2) is 11.8 Å². The zero-order valence-corrected chi connectivity index (χ0v) is 13.7. The Kier molecular flexibility index (Phi) is 4.84. The number of benzene rings is 2. The lowest BCUT2D eigenvalue weighted by atomic mass is 9.87. The van der Waals surface area contributed by atoms with Crippen LogP contribution in [0.2, 0.25) is 0 Å². The number of nitrogens with two attached hydrogens (primary N) is 1. The Morgan fingerprint density at radius 1 is 1.00 bits per heavy atom. The van der Waals surface area contributed by atoms with Crippen molar-refractivity contribution in [3.05, 3.63) is 70.8 Å². The zero-order chi connectivity index (χ0) is 17.0. The Labute approximate surface area is 136 Å². The lowest BCUT2D eigenvalue weighted by Crippen LogP contribution is -2.23. The molecule has 2 amide bonds. The van der Waals surface area contributed by atoms with Gasteiger partial charge in [0.1, 0.15) is 0 Å². The monoisotopic (exact) mass is 310 g/mol. The van der Waals surface area contributed by atoms with Crippen LogP contribution >= 0.6 is 0 Å². The summed E-state index contributed by atoms with van der Waals surface area (Å²) in [7, 11) is 0. The second-order valence-electron chi connectivity index (χ2n) is 6.57. The average molecular weight is 310 g/mol. The van der Waals surface area contributed by atoms with Gasteiger partial charge >= 0.3 is 0 Å². The minimum Gasteiger partial charge on any atom is -0.366 e. The van der Waals surface area contributed by atoms with Gasteiger partial charge in [-0.1, -0.05) is 45.0 Å². The Hall–Kier alpha value is -2.62. The molecule has 3 N–H and O–H groups in total. The van der Waals surface area contributed by atoms with E-state index >= 15 is 0 Å². The van der Waals surface area contributed by atoms with E-state index < -0.39 is 5.91 Å². The molecule has 0 saturated carbocycles. The Bertz CT molecular complexity index is 713. The molecule has 0 unspecified atom stereocenters. The Morgan fingerprint density at radius 2 is 1.65 bits per heavy atom. The maximum Gasteiger partial charge on any atom is 0.251 e. The maximum absolute atomic E-state index is 12.2. The molecule has 2 aromatic carbocycles. The minimum absolute atomic E-state index is 0.0597. The number of nitrogens with one attached hydrogen (secondary N) is 1. The first-order chi connectivity index (χ1) is 10.8. The van der Waals surface area contributed by atoms with Gasteiger partial charge in [0, 0.05) is 17.7 Å². The first kappa shape index (κ1) is 16.7. The SMILES string of the molecule is CC(C)(C)c1ccc(C(=O)NCc2cccc(C(N)=O)c2)cc1. The number of amides is 2. The number of hydrogen-bond donors (Lipinski definition) is 2. The first-order valence-corrected chi connectivity index (χ1v) is 7.55. The predicted molar refractivity (Wildman–Crippen MR) is 91.3 cm³/mol. The molecule has 2 rings (SSSR count). The predicted octanol–water partition coefficient (Wildman–Crippen LogP) is 3.01. The minimum atomic E-state index is -0.476. The summed E-state index contributed by atoms with van der Waals surface area (Å²) in [6.07, 6.45) is 0. The van der Waals surface area contributed by atoms with Crippen molar-refractivity contribution in [3.63, 3.8) is 0 Å². The Balaban J connectivity index is 2.02. The van der Waals surface area contributed by atoms with Crippen LogP contribution in [0, 0.1) is 0 Å². The van der Waals surface area contributed by atoms with Crippen LogP contribution in [-0.2, 0) is 12.0 Å². The van der Waals surface area contributed by atoms with Gasteiger partial charge in [0.25, 0.3) is 5.91 Å². The molecular weight excluding hydrogens is 288 g/mol. The second-order valence-corrected chi connectivity index (χ2v) is 6.57. The summed E-state index contributed by atoms with van der Waals surface area (Å²) >= 11 is 0. The molecule has 0 aliphatic rings. The molecule has 4 nitrogen and oxygen atoms in total. The number of hydrogen-bond acceptors (Lipinski definition) is 2. The van der Waals surface area contributed by atoms with Crippen LogP contribution in [0.1, 0.15) is 52.6 Å². The van der Waals surface area contributed by atoms with E-state index in [4.69, 9.17) is 5.73 Å². The van der Waals surface area contributed by atoms with Crippen molar-refractivity contribution in [3.8, 4) is 0 Å². The van der Waals surface area contributed by atoms with Crippen molar-refractivity contribution in [2.24, 2.45) is 5.73 Å². The van der Waals surface area contributed by atoms with E-state index in [0.29, 0.717) is 17.7 Å². The summed E-state index contributed by atoms with van der Waals surface area (Å²) in [4.78, 5) is 23.4. The fourth-order valence-electron chi connectivity index (χ4n) is 2.24. The lowest BCUT2D eigenvalue weighted by molar-refractivity contribution is 0.0950. The van der Waals surface area contributed by atoms with E-state index in [2.05, 4.69) is 26.1 Å². The fourth-order valence-corrected chi connectivity index (χ4v) is 2.24. The number of primary amides is 1. The normalized spacial score (nSPS) is 11.1. The first-order valence-electron chi connectivity index (χ1n) is 7.55. The van der Waals surface area contributed by atoms with E-state index in [9.17, 15) is 9.59 Å². The zero-order valence-electron chi connectivity index (χ0n) is 13.7. The molecule has 120 valence electrons. The largest absolute Gasteiger partial charge is 0.366 e. The van der Waals surface area contributed by atoms with Gasteiger partial charge in [0.05, 0.1) is 0 Å². The van der Waals surface area contributed by atoms with Crippen molar-refractivity contribution in [2.75, 3.05) is 0 Å². The van der Waals surface area contributed by atoms with Crippen LogP contribution < -0.4 is 11.1 Å². The van der Waals surface area contributed by atoms with Crippen molar-refractivity contribution in [2.45, 2.75) is 32.7 Å². The third-order valence-corrected chi connectivity index (χ3v) is 3.68. The molecule has 0 saturated heterocycles. The molecule has 23 heavy (non-hydrogen) atoms. The standard InChI is InChI=1S/C19H22N2O2/c1-19(2,3)16-9-7-14(8-10-16)18(23)21-12-13-5-4-6-15(11-13)17(20)22/h4-11H,12H2,1-3H3,(H2,20,22)(H,21,23). The van der Waals surface area contributed by atoms with Crippen LogP contribution in [0.5, 0.6) is 0 Å². The van der Waals surface area contributed by atoms with Crippen LogP contribution in [0.4, 0.5) is 0 Å². The van der Waals surface area contributed by atoms with Crippen molar-refractivity contribution in [1.82, 2.24) is 5.32 Å². The molecule has 0 aliphatic carbocycles. The molecule has 0 aromatic heterocycles. The highest BCUT2D eigenvalue weighted by atomic mass is 16.2. The topological polar surface area (TPSA) is 72.2 Å². The maximum atomic E-state index is 12.2. The van der Waals surface area contributed by atoms with E-state index in [0.717, 1.165) is 5.56 Å². The van der Waals surface area contributed by atoms with E-state index in [1.165, 1.54) is 5.56 Å². The smallest absolute Gasteiger partial charge is 0.251 e. The van der Waals surface area contributed by atoms with E-state index in [-0.39, 0.29) is 11.3 Å². The van der Waals surface area contributed by atoms with E-state index in [1.807, 2.05) is 30.3 Å². The van der Waals surface area contributed by atoms with Crippen molar-refractivity contribution >= 4 is 11.8 Å². The van der Waals surface area contributed by atoms with Gasteiger partial charge < -0.3 is 11.1 Å². The van der Waals surface area contributed by atoms with Gasteiger partial charge in [0.2, 0.25) is 5.91 Å². The van der Waals surface area contributed by atoms with Crippen molar-refractivity contribution < 1.29 is 9.59 Å². The average Bonchev–Trinajstić information content (AvgIpc) is 2.52. The van der Waals surface area contributed by atoms with Gasteiger partial charge in [-0.15, -0.1) is 0 Å². The van der Waals surface area contributed by atoms with Gasteiger partial charge in [0.15, 0.2) is 0 Å². The highest BCUT2D eigenvalue weighted by Gasteiger charge is 2.14. The fraction of sp³-hybridized carbons (Fsp3) is 0.263.